The summed E-state index contributed by atoms with van der Waals surface area (Å²) in [6, 6.07) is 15.6. The summed E-state index contributed by atoms with van der Waals surface area (Å²) in [6.07, 6.45) is 8.86. The summed E-state index contributed by atoms with van der Waals surface area (Å²) < 4.78 is 0. The molecule has 0 aliphatic rings. The average Bonchev–Trinajstić information content (AvgIpc) is 2.75. The first-order valence-corrected chi connectivity index (χ1v) is 9.22. The Kier molecular flexibility index (Phi) is 5.33. The van der Waals surface area contributed by atoms with Crippen molar-refractivity contribution in [2.24, 2.45) is 0 Å². The molecule has 0 saturated carbocycles. The maximum atomic E-state index is 12.4. The van der Waals surface area contributed by atoms with Crippen molar-refractivity contribution in [1.29, 1.82) is 0 Å². The fourth-order valence-electron chi connectivity index (χ4n) is 3.16. The molecule has 0 bridgehead atoms. The van der Waals surface area contributed by atoms with E-state index in [9.17, 15) is 4.79 Å². The Morgan fingerprint density at radius 1 is 0.862 bits per heavy atom. The SMILES string of the molecule is Cc1cc(CC(=O)Nc2ccc(-c3ccnnc3)cn2)ccc1-c1ccncc1. The molecule has 0 spiro atoms. The lowest BCUT2D eigenvalue weighted by molar-refractivity contribution is -0.115. The number of nitrogens with one attached hydrogen (secondary N) is 1. The van der Waals surface area contributed by atoms with Gasteiger partial charge in [0.25, 0.3) is 0 Å². The lowest BCUT2D eigenvalue weighted by atomic mass is 9.98. The summed E-state index contributed by atoms with van der Waals surface area (Å²) in [7, 11) is 0. The summed E-state index contributed by atoms with van der Waals surface area (Å²) in [5.74, 6) is 0.415. The summed E-state index contributed by atoms with van der Waals surface area (Å²) in [6.45, 7) is 2.05. The number of aryl methyl sites for hydroxylation is 1. The van der Waals surface area contributed by atoms with Gasteiger partial charge in [0.05, 0.1) is 18.8 Å². The molecular formula is C23H19N5O. The number of rotatable bonds is 5. The van der Waals surface area contributed by atoms with E-state index in [0.717, 1.165) is 33.4 Å². The molecule has 0 saturated heterocycles. The van der Waals surface area contributed by atoms with Crippen molar-refractivity contribution >= 4 is 11.7 Å². The van der Waals surface area contributed by atoms with E-state index in [1.165, 1.54) is 0 Å². The summed E-state index contributed by atoms with van der Waals surface area (Å²) in [5.41, 5.74) is 6.17. The number of nitrogens with zero attached hydrogens (tertiary/aromatic N) is 4. The highest BCUT2D eigenvalue weighted by molar-refractivity contribution is 5.91. The Hall–Kier alpha value is -3.93. The topological polar surface area (TPSA) is 80.7 Å². The monoisotopic (exact) mass is 381 g/mol. The van der Waals surface area contributed by atoms with Gasteiger partial charge in [0.2, 0.25) is 5.91 Å². The fourth-order valence-corrected chi connectivity index (χ4v) is 3.16. The lowest BCUT2D eigenvalue weighted by Crippen LogP contribution is -2.15. The molecule has 0 fully saturated rings. The molecule has 6 heteroatoms. The van der Waals surface area contributed by atoms with Crippen LogP contribution >= 0.6 is 0 Å². The molecule has 29 heavy (non-hydrogen) atoms. The Labute approximate surface area is 168 Å². The summed E-state index contributed by atoms with van der Waals surface area (Å²) in [4.78, 5) is 20.8. The number of pyridine rings is 2. The van der Waals surface area contributed by atoms with Gasteiger partial charge in [-0.05, 0) is 59.5 Å². The van der Waals surface area contributed by atoms with Gasteiger partial charge in [-0.1, -0.05) is 18.2 Å². The molecule has 0 atom stereocenters. The second kappa shape index (κ2) is 8.39. The third-order valence-electron chi connectivity index (χ3n) is 4.60. The van der Waals surface area contributed by atoms with Crippen LogP contribution in [-0.4, -0.2) is 26.1 Å². The van der Waals surface area contributed by atoms with Crippen molar-refractivity contribution in [1.82, 2.24) is 20.2 Å². The predicted octanol–water partition coefficient (Wildman–Crippen LogP) is 4.09. The zero-order valence-corrected chi connectivity index (χ0v) is 15.9. The highest BCUT2D eigenvalue weighted by atomic mass is 16.1. The molecule has 1 aromatic carbocycles. The van der Waals surface area contributed by atoms with Gasteiger partial charge in [0, 0.05) is 29.7 Å². The van der Waals surface area contributed by atoms with Gasteiger partial charge >= 0.3 is 0 Å². The van der Waals surface area contributed by atoms with Gasteiger partial charge in [-0.2, -0.15) is 10.2 Å². The molecule has 0 aliphatic heterocycles. The van der Waals surface area contributed by atoms with Gasteiger partial charge in [-0.3, -0.25) is 9.78 Å². The molecule has 3 heterocycles. The van der Waals surface area contributed by atoms with Gasteiger partial charge in [0.1, 0.15) is 5.82 Å². The normalized spacial score (nSPS) is 10.5. The van der Waals surface area contributed by atoms with Crippen LogP contribution in [0.1, 0.15) is 11.1 Å². The van der Waals surface area contributed by atoms with E-state index in [0.29, 0.717) is 5.82 Å². The molecule has 1 N–H and O–H groups in total. The van der Waals surface area contributed by atoms with Gasteiger partial charge in [-0.25, -0.2) is 4.98 Å². The van der Waals surface area contributed by atoms with Gasteiger partial charge in [0.15, 0.2) is 0 Å². The quantitative estimate of drug-likeness (QED) is 0.563. The molecular weight excluding hydrogens is 362 g/mol. The van der Waals surface area contributed by atoms with Crippen molar-refractivity contribution < 1.29 is 4.79 Å². The Morgan fingerprint density at radius 3 is 2.34 bits per heavy atom. The smallest absolute Gasteiger partial charge is 0.229 e. The van der Waals surface area contributed by atoms with Crippen LogP contribution in [-0.2, 0) is 11.2 Å². The highest BCUT2D eigenvalue weighted by Crippen LogP contribution is 2.24. The van der Waals surface area contributed by atoms with Crippen molar-refractivity contribution in [3.8, 4) is 22.3 Å². The largest absolute Gasteiger partial charge is 0.310 e. The number of anilines is 1. The maximum Gasteiger partial charge on any atom is 0.229 e. The minimum Gasteiger partial charge on any atom is -0.310 e. The highest BCUT2D eigenvalue weighted by Gasteiger charge is 2.08. The van der Waals surface area contributed by atoms with Gasteiger partial charge < -0.3 is 5.32 Å². The summed E-state index contributed by atoms with van der Waals surface area (Å²) in [5, 5.41) is 10.5. The second-order valence-corrected chi connectivity index (χ2v) is 6.67. The molecule has 142 valence electrons. The average molecular weight is 381 g/mol. The number of hydrogen-bond donors (Lipinski definition) is 1. The number of benzene rings is 1. The number of hydrogen-bond acceptors (Lipinski definition) is 5. The first-order valence-electron chi connectivity index (χ1n) is 9.22. The van der Waals surface area contributed by atoms with E-state index in [1.54, 1.807) is 37.1 Å². The minimum absolute atomic E-state index is 0.105. The predicted molar refractivity (Wildman–Crippen MR) is 112 cm³/mol. The number of carbonyl (C=O) groups excluding carboxylic acids is 1. The zero-order valence-electron chi connectivity index (χ0n) is 15.9. The van der Waals surface area contributed by atoms with E-state index < -0.39 is 0 Å². The van der Waals surface area contributed by atoms with Crippen molar-refractivity contribution in [3.05, 3.63) is 90.6 Å². The molecule has 4 rings (SSSR count). The molecule has 0 aliphatic carbocycles. The molecule has 1 amide bonds. The van der Waals surface area contributed by atoms with E-state index in [-0.39, 0.29) is 12.3 Å². The first-order chi connectivity index (χ1) is 14.2. The molecule has 6 nitrogen and oxygen atoms in total. The molecule has 3 aromatic heterocycles. The number of amides is 1. The van der Waals surface area contributed by atoms with Crippen LogP contribution in [0.4, 0.5) is 5.82 Å². The number of aromatic nitrogens is 4. The van der Waals surface area contributed by atoms with E-state index in [2.05, 4.69) is 25.5 Å². The van der Waals surface area contributed by atoms with Crippen LogP contribution in [0.2, 0.25) is 0 Å². The van der Waals surface area contributed by atoms with Crippen LogP contribution < -0.4 is 5.32 Å². The maximum absolute atomic E-state index is 12.4. The van der Waals surface area contributed by atoms with Crippen molar-refractivity contribution in [3.63, 3.8) is 0 Å². The Morgan fingerprint density at radius 2 is 1.66 bits per heavy atom. The van der Waals surface area contributed by atoms with Crippen molar-refractivity contribution in [2.75, 3.05) is 5.32 Å². The molecule has 0 unspecified atom stereocenters. The molecule has 0 radical (unpaired) electrons. The van der Waals surface area contributed by atoms with Crippen molar-refractivity contribution in [2.45, 2.75) is 13.3 Å². The lowest BCUT2D eigenvalue weighted by Gasteiger charge is -2.09. The van der Waals surface area contributed by atoms with Crippen LogP contribution in [0.25, 0.3) is 22.3 Å². The van der Waals surface area contributed by atoms with E-state index >= 15 is 0 Å². The third-order valence-corrected chi connectivity index (χ3v) is 4.60. The van der Waals surface area contributed by atoms with Gasteiger partial charge in [-0.15, -0.1) is 0 Å². The fraction of sp³-hybridized carbons (Fsp3) is 0.0870. The van der Waals surface area contributed by atoms with E-state index in [4.69, 9.17) is 0 Å². The second-order valence-electron chi connectivity index (χ2n) is 6.67. The number of carbonyl (C=O) groups is 1. The van der Waals surface area contributed by atoms with Crippen LogP contribution in [0, 0.1) is 6.92 Å². The Balaban J connectivity index is 1.41. The van der Waals surface area contributed by atoms with Crippen LogP contribution in [0.3, 0.4) is 0 Å². The zero-order chi connectivity index (χ0) is 20.1. The van der Waals surface area contributed by atoms with E-state index in [1.807, 2.05) is 49.4 Å². The molecule has 4 aromatic rings. The first kappa shape index (κ1) is 18.4. The third kappa shape index (κ3) is 4.50. The summed E-state index contributed by atoms with van der Waals surface area (Å²) >= 11 is 0. The minimum atomic E-state index is -0.105. The Bertz CT molecular complexity index is 1110. The van der Waals surface area contributed by atoms with Crippen LogP contribution in [0.15, 0.2) is 79.5 Å². The standard InChI is InChI=1S/C23H19N5O/c1-16-12-17(2-4-21(16)18-6-9-24-10-7-18)13-23(29)28-22-5-3-19(14-25-22)20-8-11-26-27-15-20/h2-12,14-15H,13H2,1H3,(H,25,28,29). The van der Waals surface area contributed by atoms with Crippen LogP contribution in [0.5, 0.6) is 0 Å².